The number of aliphatic hydroxyl groups excluding tert-OH is 2. The number of aryl methyl sites for hydroxylation is 1. The summed E-state index contributed by atoms with van der Waals surface area (Å²) < 4.78 is 5.29. The van der Waals surface area contributed by atoms with Crippen molar-refractivity contribution in [3.8, 4) is 11.8 Å². The van der Waals surface area contributed by atoms with Gasteiger partial charge in [0.05, 0.1) is 31.4 Å². The number of hydrogen-bond donors (Lipinski definition) is 2. The molecule has 0 aromatic heterocycles. The number of carbonyl (C=O) groups is 1. The lowest BCUT2D eigenvalue weighted by Crippen LogP contribution is -2.50. The first kappa shape index (κ1) is 15.5. The smallest absolute Gasteiger partial charge is 0.255 e. The van der Waals surface area contributed by atoms with E-state index in [2.05, 4.69) is 11.8 Å². The van der Waals surface area contributed by atoms with Crippen LogP contribution in [-0.4, -0.2) is 60.0 Å². The Hall–Kier alpha value is -1.87. The van der Waals surface area contributed by atoms with Gasteiger partial charge in [-0.2, -0.15) is 0 Å². The Morgan fingerprint density at radius 1 is 1.48 bits per heavy atom. The Balaban J connectivity index is 2.35. The molecule has 5 nitrogen and oxygen atoms in total. The molecule has 1 saturated heterocycles. The van der Waals surface area contributed by atoms with Crippen molar-refractivity contribution >= 4 is 5.91 Å². The van der Waals surface area contributed by atoms with E-state index in [4.69, 9.17) is 9.84 Å². The van der Waals surface area contributed by atoms with Gasteiger partial charge < -0.3 is 19.8 Å². The minimum absolute atomic E-state index is 0.130. The first-order chi connectivity index (χ1) is 10.2. The first-order valence-corrected chi connectivity index (χ1v) is 6.87. The average Bonchev–Trinajstić information content (AvgIpc) is 2.53. The van der Waals surface area contributed by atoms with Crippen LogP contribution in [0.3, 0.4) is 0 Å². The zero-order valence-electron chi connectivity index (χ0n) is 12.0. The third kappa shape index (κ3) is 3.61. The second-order valence-electron chi connectivity index (χ2n) is 4.92. The van der Waals surface area contributed by atoms with Gasteiger partial charge in [-0.05, 0) is 19.1 Å². The van der Waals surface area contributed by atoms with Crippen molar-refractivity contribution in [1.82, 2.24) is 4.90 Å². The molecule has 1 atom stereocenters. The van der Waals surface area contributed by atoms with Crippen molar-refractivity contribution in [2.24, 2.45) is 0 Å². The summed E-state index contributed by atoms with van der Waals surface area (Å²) in [7, 11) is 0. The highest BCUT2D eigenvalue weighted by Gasteiger charge is 2.28. The zero-order chi connectivity index (χ0) is 15.2. The SMILES string of the molecule is Cc1ccc(C#CCO)c(C(=O)N2CCOCC2CO)c1. The lowest BCUT2D eigenvalue weighted by Gasteiger charge is -2.34. The lowest BCUT2D eigenvalue weighted by molar-refractivity contribution is -0.0184. The first-order valence-electron chi connectivity index (χ1n) is 6.87. The van der Waals surface area contributed by atoms with E-state index in [0.29, 0.717) is 30.9 Å². The fourth-order valence-corrected chi connectivity index (χ4v) is 2.31. The molecule has 0 saturated carbocycles. The Morgan fingerprint density at radius 2 is 2.29 bits per heavy atom. The number of hydrogen-bond acceptors (Lipinski definition) is 4. The van der Waals surface area contributed by atoms with Crippen molar-refractivity contribution in [3.05, 3.63) is 34.9 Å². The second kappa shape index (κ2) is 7.23. The van der Waals surface area contributed by atoms with E-state index in [0.717, 1.165) is 5.56 Å². The van der Waals surface area contributed by atoms with Gasteiger partial charge in [0.2, 0.25) is 0 Å². The number of aliphatic hydroxyl groups is 2. The highest BCUT2D eigenvalue weighted by atomic mass is 16.5. The summed E-state index contributed by atoms with van der Waals surface area (Å²) in [5.74, 6) is 5.21. The van der Waals surface area contributed by atoms with Crippen LogP contribution in [0, 0.1) is 18.8 Å². The van der Waals surface area contributed by atoms with Crippen LogP contribution in [0.15, 0.2) is 18.2 Å². The van der Waals surface area contributed by atoms with E-state index in [1.165, 1.54) is 0 Å². The van der Waals surface area contributed by atoms with Gasteiger partial charge in [0.25, 0.3) is 5.91 Å². The molecule has 0 aliphatic carbocycles. The van der Waals surface area contributed by atoms with Crippen molar-refractivity contribution in [3.63, 3.8) is 0 Å². The predicted octanol–water partition coefficient (Wildman–Crippen LogP) is 0.172. The molecule has 1 heterocycles. The molecule has 1 aliphatic heterocycles. The van der Waals surface area contributed by atoms with Gasteiger partial charge in [-0.3, -0.25) is 4.79 Å². The summed E-state index contributed by atoms with van der Waals surface area (Å²) >= 11 is 0. The highest BCUT2D eigenvalue weighted by Crippen LogP contribution is 2.17. The number of ether oxygens (including phenoxy) is 1. The Bertz CT molecular complexity index is 573. The van der Waals surface area contributed by atoms with E-state index in [9.17, 15) is 9.90 Å². The van der Waals surface area contributed by atoms with E-state index in [-0.39, 0.29) is 25.2 Å². The fourth-order valence-electron chi connectivity index (χ4n) is 2.31. The zero-order valence-corrected chi connectivity index (χ0v) is 12.0. The van der Waals surface area contributed by atoms with Gasteiger partial charge in [-0.25, -0.2) is 0 Å². The van der Waals surface area contributed by atoms with E-state index < -0.39 is 0 Å². The van der Waals surface area contributed by atoms with Crippen LogP contribution in [0.5, 0.6) is 0 Å². The van der Waals surface area contributed by atoms with Crippen molar-refractivity contribution in [2.75, 3.05) is 33.0 Å². The maximum absolute atomic E-state index is 12.7. The highest BCUT2D eigenvalue weighted by molar-refractivity contribution is 5.97. The van der Waals surface area contributed by atoms with Gasteiger partial charge in [0.15, 0.2) is 0 Å². The number of amides is 1. The minimum Gasteiger partial charge on any atom is -0.394 e. The topological polar surface area (TPSA) is 70.0 Å². The molecular formula is C16H19NO4. The summed E-state index contributed by atoms with van der Waals surface area (Å²) in [5, 5.41) is 18.2. The van der Waals surface area contributed by atoms with E-state index >= 15 is 0 Å². The molecule has 1 aromatic carbocycles. The molecular weight excluding hydrogens is 270 g/mol. The van der Waals surface area contributed by atoms with Gasteiger partial charge in [-0.15, -0.1) is 0 Å². The fraction of sp³-hybridized carbons (Fsp3) is 0.438. The Morgan fingerprint density at radius 3 is 3.00 bits per heavy atom. The number of morpholine rings is 1. The average molecular weight is 289 g/mol. The second-order valence-corrected chi connectivity index (χ2v) is 4.92. The third-order valence-electron chi connectivity index (χ3n) is 3.41. The molecule has 0 spiro atoms. The maximum atomic E-state index is 12.7. The number of carbonyl (C=O) groups excluding carboxylic acids is 1. The lowest BCUT2D eigenvalue weighted by atomic mass is 10.0. The third-order valence-corrected chi connectivity index (χ3v) is 3.41. The van der Waals surface area contributed by atoms with Gasteiger partial charge in [0.1, 0.15) is 6.61 Å². The van der Waals surface area contributed by atoms with Crippen molar-refractivity contribution < 1.29 is 19.7 Å². The van der Waals surface area contributed by atoms with Crippen LogP contribution in [0.1, 0.15) is 21.5 Å². The molecule has 1 unspecified atom stereocenters. The van der Waals surface area contributed by atoms with Crippen LogP contribution in [0.25, 0.3) is 0 Å². The minimum atomic E-state index is -0.328. The largest absolute Gasteiger partial charge is 0.394 e. The normalized spacial score (nSPS) is 18.0. The summed E-state index contributed by atoms with van der Waals surface area (Å²) in [4.78, 5) is 14.4. The maximum Gasteiger partial charge on any atom is 0.255 e. The summed E-state index contributed by atoms with van der Waals surface area (Å²) in [5.41, 5.74) is 2.04. The molecule has 0 radical (unpaired) electrons. The molecule has 2 rings (SSSR count). The van der Waals surface area contributed by atoms with Crippen LogP contribution in [0.4, 0.5) is 0 Å². The molecule has 0 bridgehead atoms. The number of benzene rings is 1. The number of nitrogens with zero attached hydrogens (tertiary/aromatic N) is 1. The molecule has 1 aromatic rings. The summed E-state index contributed by atoms with van der Waals surface area (Å²) in [6, 6.07) is 5.11. The molecule has 21 heavy (non-hydrogen) atoms. The monoisotopic (exact) mass is 289 g/mol. The van der Waals surface area contributed by atoms with Gasteiger partial charge in [-0.1, -0.05) is 23.5 Å². The molecule has 1 aliphatic rings. The molecule has 112 valence electrons. The van der Waals surface area contributed by atoms with Crippen LogP contribution in [-0.2, 0) is 4.74 Å². The molecule has 1 amide bonds. The molecule has 1 fully saturated rings. The van der Waals surface area contributed by atoms with Crippen LogP contribution < -0.4 is 0 Å². The predicted molar refractivity (Wildman–Crippen MR) is 77.9 cm³/mol. The van der Waals surface area contributed by atoms with Crippen molar-refractivity contribution in [1.29, 1.82) is 0 Å². The quantitative estimate of drug-likeness (QED) is 0.762. The van der Waals surface area contributed by atoms with Gasteiger partial charge >= 0.3 is 0 Å². The van der Waals surface area contributed by atoms with Crippen LogP contribution in [0.2, 0.25) is 0 Å². The number of rotatable bonds is 2. The Labute approximate surface area is 124 Å². The van der Waals surface area contributed by atoms with Crippen LogP contribution >= 0.6 is 0 Å². The molecule has 5 heteroatoms. The van der Waals surface area contributed by atoms with E-state index in [1.54, 1.807) is 17.0 Å². The summed E-state index contributed by atoms with van der Waals surface area (Å²) in [6.45, 7) is 2.78. The molecule has 2 N–H and O–H groups in total. The Kier molecular flexibility index (Phi) is 5.34. The van der Waals surface area contributed by atoms with Crippen molar-refractivity contribution in [2.45, 2.75) is 13.0 Å². The van der Waals surface area contributed by atoms with E-state index in [1.807, 2.05) is 13.0 Å². The standard InChI is InChI=1S/C16H19NO4/c1-12-4-5-13(3-2-7-18)15(9-12)16(20)17-6-8-21-11-14(17)10-19/h4-5,9,14,18-19H,6-8,10-11H2,1H3. The summed E-state index contributed by atoms with van der Waals surface area (Å²) in [6.07, 6.45) is 0. The van der Waals surface area contributed by atoms with Gasteiger partial charge in [0, 0.05) is 12.1 Å².